The number of nitrogens with one attached hydrogen (secondary N) is 1. The third kappa shape index (κ3) is 6.63. The minimum Gasteiger partial charge on any atom is -0.491 e. The predicted octanol–water partition coefficient (Wildman–Crippen LogP) is 3.87. The second-order valence-corrected chi connectivity index (χ2v) is 9.93. The molecule has 8 nitrogen and oxygen atoms in total. The van der Waals surface area contributed by atoms with Crippen LogP contribution in [-0.4, -0.2) is 26.8 Å². The molecule has 0 fully saturated rings. The summed E-state index contributed by atoms with van der Waals surface area (Å²) in [5, 5.41) is 3.21. The van der Waals surface area contributed by atoms with Crippen molar-refractivity contribution < 1.29 is 28.6 Å². The minimum absolute atomic E-state index is 0.0556. The number of amides is 1. The highest BCUT2D eigenvalue weighted by Crippen LogP contribution is 2.33. The SMILES string of the molecule is Cc1cnc(NC(=O)c2cc(OCc3ccc(P(=O)(O)O)cc3)cc(OC(C)C)c2)s1. The van der Waals surface area contributed by atoms with Crippen LogP contribution in [-0.2, 0) is 11.2 Å². The number of carbonyl (C=O) groups excluding carboxylic acids is 1. The first kappa shape index (κ1) is 23.0. The summed E-state index contributed by atoms with van der Waals surface area (Å²) in [5.74, 6) is 0.585. The topological polar surface area (TPSA) is 118 Å². The largest absolute Gasteiger partial charge is 0.491 e. The van der Waals surface area contributed by atoms with Crippen molar-refractivity contribution in [2.45, 2.75) is 33.5 Å². The zero-order valence-corrected chi connectivity index (χ0v) is 18.9. The van der Waals surface area contributed by atoms with E-state index in [2.05, 4.69) is 10.3 Å². The molecule has 0 aliphatic carbocycles. The van der Waals surface area contributed by atoms with Crippen LogP contribution in [0.4, 0.5) is 5.13 Å². The molecule has 0 saturated heterocycles. The summed E-state index contributed by atoms with van der Waals surface area (Å²) < 4.78 is 22.9. The Labute approximate surface area is 184 Å². The van der Waals surface area contributed by atoms with Crippen molar-refractivity contribution >= 4 is 35.3 Å². The minimum atomic E-state index is -4.29. The number of aryl methyl sites for hydroxylation is 1. The van der Waals surface area contributed by atoms with E-state index < -0.39 is 7.60 Å². The molecule has 1 heterocycles. The standard InChI is InChI=1S/C21H23N2O6PS/c1-13(2)29-18-9-16(20(24)23-21-22-11-14(3)31-21)8-17(10-18)28-12-15-4-6-19(7-5-15)30(25,26)27/h4-11,13H,12H2,1-3H3,(H,22,23,24)(H2,25,26,27). The lowest BCUT2D eigenvalue weighted by Gasteiger charge is -2.14. The predicted molar refractivity (Wildman–Crippen MR) is 119 cm³/mol. The lowest BCUT2D eigenvalue weighted by atomic mass is 10.2. The lowest BCUT2D eigenvalue weighted by molar-refractivity contribution is 0.102. The van der Waals surface area contributed by atoms with E-state index in [1.807, 2.05) is 20.8 Å². The third-order valence-electron chi connectivity index (χ3n) is 4.03. The molecular weight excluding hydrogens is 439 g/mol. The number of hydrogen-bond donors (Lipinski definition) is 3. The molecule has 3 rings (SSSR count). The lowest BCUT2D eigenvalue weighted by Crippen LogP contribution is -2.13. The number of ether oxygens (including phenoxy) is 2. The summed E-state index contributed by atoms with van der Waals surface area (Å²) in [4.78, 5) is 36.2. The van der Waals surface area contributed by atoms with Crippen molar-refractivity contribution in [3.63, 3.8) is 0 Å². The molecule has 0 spiro atoms. The highest BCUT2D eigenvalue weighted by molar-refractivity contribution is 7.60. The Morgan fingerprint density at radius 2 is 1.84 bits per heavy atom. The van der Waals surface area contributed by atoms with Gasteiger partial charge in [-0.2, -0.15) is 0 Å². The average Bonchev–Trinajstić information content (AvgIpc) is 3.10. The fraction of sp³-hybridized carbons (Fsp3) is 0.238. The molecule has 0 radical (unpaired) electrons. The van der Waals surface area contributed by atoms with Crippen LogP contribution in [0.15, 0.2) is 48.7 Å². The van der Waals surface area contributed by atoms with Crippen LogP contribution in [0, 0.1) is 6.92 Å². The van der Waals surface area contributed by atoms with Crippen LogP contribution in [0.2, 0.25) is 0 Å². The van der Waals surface area contributed by atoms with Crippen LogP contribution >= 0.6 is 18.9 Å². The Kier molecular flexibility index (Phi) is 7.12. The number of nitrogens with zero attached hydrogens (tertiary/aromatic N) is 1. The van der Waals surface area contributed by atoms with E-state index >= 15 is 0 Å². The highest BCUT2D eigenvalue weighted by atomic mass is 32.1. The molecule has 0 aliphatic heterocycles. The summed E-state index contributed by atoms with van der Waals surface area (Å²) >= 11 is 1.38. The summed E-state index contributed by atoms with van der Waals surface area (Å²) in [6.07, 6.45) is 1.60. The van der Waals surface area contributed by atoms with Crippen molar-refractivity contribution in [2.75, 3.05) is 5.32 Å². The fourth-order valence-electron chi connectivity index (χ4n) is 2.66. The number of rotatable bonds is 8. The van der Waals surface area contributed by atoms with Crippen molar-refractivity contribution in [1.82, 2.24) is 4.98 Å². The first-order valence-corrected chi connectivity index (χ1v) is 11.9. The molecule has 0 bridgehead atoms. The van der Waals surface area contributed by atoms with Gasteiger partial charge in [0, 0.05) is 22.7 Å². The van der Waals surface area contributed by atoms with Crippen LogP contribution in [0.3, 0.4) is 0 Å². The van der Waals surface area contributed by atoms with E-state index in [1.165, 1.54) is 23.5 Å². The zero-order chi connectivity index (χ0) is 22.6. The van der Waals surface area contributed by atoms with Gasteiger partial charge in [-0.25, -0.2) is 4.98 Å². The van der Waals surface area contributed by atoms with Crippen LogP contribution < -0.4 is 20.1 Å². The molecule has 0 aliphatic rings. The van der Waals surface area contributed by atoms with Gasteiger partial charge in [-0.3, -0.25) is 14.7 Å². The van der Waals surface area contributed by atoms with Crippen molar-refractivity contribution in [3.8, 4) is 11.5 Å². The molecule has 2 aromatic carbocycles. The normalized spacial score (nSPS) is 11.4. The maximum absolute atomic E-state index is 12.7. The van der Waals surface area contributed by atoms with Gasteiger partial charge in [-0.1, -0.05) is 12.1 Å². The molecule has 1 amide bonds. The molecular formula is C21H23N2O6PS. The third-order valence-corrected chi connectivity index (χ3v) is 5.83. The first-order chi connectivity index (χ1) is 14.6. The molecule has 0 atom stereocenters. The van der Waals surface area contributed by atoms with Gasteiger partial charge < -0.3 is 19.3 Å². The molecule has 0 unspecified atom stereocenters. The second kappa shape index (κ2) is 9.62. The fourth-order valence-corrected chi connectivity index (χ4v) is 3.86. The van der Waals surface area contributed by atoms with Gasteiger partial charge in [0.2, 0.25) is 0 Å². The van der Waals surface area contributed by atoms with E-state index in [1.54, 1.807) is 36.5 Å². The Bertz CT molecular complexity index is 1110. The Morgan fingerprint density at radius 3 is 2.42 bits per heavy atom. The number of benzene rings is 2. The average molecular weight is 462 g/mol. The molecule has 31 heavy (non-hydrogen) atoms. The summed E-state index contributed by atoms with van der Waals surface area (Å²) in [6.45, 7) is 5.82. The van der Waals surface area contributed by atoms with E-state index in [4.69, 9.17) is 9.47 Å². The maximum atomic E-state index is 12.7. The van der Waals surface area contributed by atoms with Gasteiger partial charge in [-0.05, 0) is 50.6 Å². The summed E-state index contributed by atoms with van der Waals surface area (Å²) in [5.41, 5.74) is 1.08. The van der Waals surface area contributed by atoms with Crippen LogP contribution in [0.1, 0.15) is 34.6 Å². The molecule has 0 saturated carbocycles. The number of thiazole rings is 1. The Hall–Kier alpha value is -2.71. The number of anilines is 1. The van der Waals surface area contributed by atoms with Gasteiger partial charge in [0.15, 0.2) is 5.13 Å². The molecule has 164 valence electrons. The highest BCUT2D eigenvalue weighted by Gasteiger charge is 2.16. The van der Waals surface area contributed by atoms with Crippen LogP contribution in [0.25, 0.3) is 0 Å². The smallest absolute Gasteiger partial charge is 0.356 e. The van der Waals surface area contributed by atoms with E-state index in [0.717, 1.165) is 10.4 Å². The number of hydrogen-bond acceptors (Lipinski definition) is 6. The second-order valence-electron chi connectivity index (χ2n) is 7.09. The van der Waals surface area contributed by atoms with Crippen molar-refractivity contribution in [2.24, 2.45) is 0 Å². The Balaban J connectivity index is 1.77. The maximum Gasteiger partial charge on any atom is 0.356 e. The summed E-state index contributed by atoms with van der Waals surface area (Å²) in [7, 11) is -4.29. The first-order valence-electron chi connectivity index (χ1n) is 9.43. The number of aromatic nitrogens is 1. The monoisotopic (exact) mass is 462 g/mol. The van der Waals surface area contributed by atoms with Gasteiger partial charge in [0.25, 0.3) is 5.91 Å². The van der Waals surface area contributed by atoms with E-state index in [0.29, 0.717) is 22.2 Å². The van der Waals surface area contributed by atoms with Crippen molar-refractivity contribution in [1.29, 1.82) is 0 Å². The molecule has 3 aromatic rings. The van der Waals surface area contributed by atoms with Crippen LogP contribution in [0.5, 0.6) is 11.5 Å². The van der Waals surface area contributed by atoms with Gasteiger partial charge in [0.1, 0.15) is 18.1 Å². The summed E-state index contributed by atoms with van der Waals surface area (Å²) in [6, 6.07) is 10.8. The number of carbonyl (C=O) groups is 1. The van der Waals surface area contributed by atoms with Crippen molar-refractivity contribution in [3.05, 3.63) is 64.7 Å². The van der Waals surface area contributed by atoms with Gasteiger partial charge in [-0.15, -0.1) is 11.3 Å². The van der Waals surface area contributed by atoms with Gasteiger partial charge in [0.05, 0.1) is 11.4 Å². The molecule has 10 heteroatoms. The quantitative estimate of drug-likeness (QED) is 0.435. The van der Waals surface area contributed by atoms with E-state index in [9.17, 15) is 19.1 Å². The Morgan fingerprint density at radius 1 is 1.16 bits per heavy atom. The molecule has 1 aromatic heterocycles. The van der Waals surface area contributed by atoms with Gasteiger partial charge >= 0.3 is 7.60 Å². The van der Waals surface area contributed by atoms with E-state index in [-0.39, 0.29) is 23.9 Å². The molecule has 3 N–H and O–H groups in total. The zero-order valence-electron chi connectivity index (χ0n) is 17.2.